The van der Waals surface area contributed by atoms with Gasteiger partial charge < -0.3 is 34.0 Å². The lowest BCUT2D eigenvalue weighted by molar-refractivity contribution is -0.001000. The van der Waals surface area contributed by atoms with Crippen LogP contribution in [0.5, 0.6) is 0 Å². The van der Waals surface area contributed by atoms with E-state index in [0.29, 0.717) is 21.8 Å². The van der Waals surface area contributed by atoms with Crippen LogP contribution in [-0.4, -0.2) is 23.0 Å². The molecular formula is C24H30Br2S2. The van der Waals surface area contributed by atoms with E-state index < -0.39 is 0 Å². The van der Waals surface area contributed by atoms with E-state index in [1.54, 1.807) is 11.1 Å². The molecule has 4 heteroatoms. The molecular weight excluding hydrogens is 512 g/mol. The molecule has 2 aliphatic rings. The van der Waals surface area contributed by atoms with E-state index >= 15 is 0 Å². The number of benzene rings is 2. The molecule has 2 aromatic carbocycles. The van der Waals surface area contributed by atoms with Gasteiger partial charge in [-0.05, 0) is 64.7 Å². The second-order valence-corrected chi connectivity index (χ2v) is 12.2. The van der Waals surface area contributed by atoms with E-state index in [1.165, 1.54) is 71.3 Å². The van der Waals surface area contributed by atoms with Crippen molar-refractivity contribution in [2.45, 2.75) is 37.2 Å². The fourth-order valence-corrected chi connectivity index (χ4v) is 8.73. The highest BCUT2D eigenvalue weighted by Gasteiger charge is 2.26. The zero-order valence-corrected chi connectivity index (χ0v) is 21.2. The minimum Gasteiger partial charge on any atom is -1.00 e. The third-order valence-corrected chi connectivity index (χ3v) is 10.4. The highest BCUT2D eigenvalue weighted by molar-refractivity contribution is 7.96. The third-order valence-electron chi connectivity index (χ3n) is 5.43. The lowest BCUT2D eigenvalue weighted by Gasteiger charge is -2.09. The average molecular weight is 542 g/mol. The van der Waals surface area contributed by atoms with E-state index in [0.717, 1.165) is 0 Å². The second-order valence-electron chi connectivity index (χ2n) is 7.52. The zero-order chi connectivity index (χ0) is 17.6. The maximum atomic E-state index is 2.50. The van der Waals surface area contributed by atoms with Crippen LogP contribution in [-0.2, 0) is 33.3 Å². The monoisotopic (exact) mass is 540 g/mol. The molecule has 2 aromatic rings. The average Bonchev–Trinajstić information content (AvgIpc) is 3.37. The van der Waals surface area contributed by atoms with E-state index in [1.807, 2.05) is 0 Å². The molecule has 2 fully saturated rings. The first-order chi connectivity index (χ1) is 12.9. The highest BCUT2D eigenvalue weighted by Crippen LogP contribution is 2.25. The molecule has 2 saturated heterocycles. The first kappa shape index (κ1) is 24.1. The number of halogens is 2. The molecule has 4 rings (SSSR count). The van der Waals surface area contributed by atoms with Gasteiger partial charge >= 0.3 is 0 Å². The van der Waals surface area contributed by atoms with Crippen LogP contribution < -0.4 is 34.0 Å². The molecule has 28 heavy (non-hydrogen) atoms. The van der Waals surface area contributed by atoms with Gasteiger partial charge in [0.25, 0.3) is 0 Å². The van der Waals surface area contributed by atoms with Crippen molar-refractivity contribution in [1.82, 2.24) is 0 Å². The van der Waals surface area contributed by atoms with Crippen molar-refractivity contribution in [3.8, 4) is 0 Å². The molecule has 0 nitrogen and oxygen atoms in total. The first-order valence-corrected chi connectivity index (χ1v) is 13.5. The maximum absolute atomic E-state index is 2.50. The summed E-state index contributed by atoms with van der Waals surface area (Å²) < 4.78 is 0. The fraction of sp³-hybridized carbons (Fsp3) is 0.417. The third kappa shape index (κ3) is 6.97. The standard InChI is InChI=1S/C24H30S2.2BrH/c1-2-8-21(9-3-1)10-12-23-18-22(19-25-14-4-5-15-25)11-13-24(23)20-26-16-6-7-17-26;;/h1-3,8-13,18H,4-7,14-17,19-20H2;2*1H/q+2;;/p-2/b12-10+;;. The molecule has 0 aliphatic carbocycles. The summed E-state index contributed by atoms with van der Waals surface area (Å²) in [6.45, 7) is 0. The Balaban J connectivity index is 0.00000140. The Kier molecular flexibility index (Phi) is 10.8. The van der Waals surface area contributed by atoms with Crippen LogP contribution in [0.1, 0.15) is 47.9 Å². The Morgan fingerprint density at radius 2 is 1.29 bits per heavy atom. The topological polar surface area (TPSA) is 0 Å². The van der Waals surface area contributed by atoms with Crippen LogP contribution in [0.4, 0.5) is 0 Å². The van der Waals surface area contributed by atoms with E-state index in [4.69, 9.17) is 0 Å². The quantitative estimate of drug-likeness (QED) is 0.347. The molecule has 152 valence electrons. The van der Waals surface area contributed by atoms with Crippen LogP contribution in [0.15, 0.2) is 48.5 Å². The minimum atomic E-state index is 0. The Morgan fingerprint density at radius 1 is 0.679 bits per heavy atom. The molecule has 0 aromatic heterocycles. The summed E-state index contributed by atoms with van der Waals surface area (Å²) in [6.07, 6.45) is 10.4. The van der Waals surface area contributed by atoms with Gasteiger partial charge in [-0.2, -0.15) is 0 Å². The van der Waals surface area contributed by atoms with Gasteiger partial charge in [-0.15, -0.1) is 0 Å². The van der Waals surface area contributed by atoms with Gasteiger partial charge in [0.15, 0.2) is 0 Å². The van der Waals surface area contributed by atoms with Gasteiger partial charge in [-0.25, -0.2) is 0 Å². The normalized spacial score (nSPS) is 17.6. The van der Waals surface area contributed by atoms with Gasteiger partial charge in [-0.1, -0.05) is 54.6 Å². The highest BCUT2D eigenvalue weighted by atomic mass is 79.9. The maximum Gasteiger partial charge on any atom is 0.133 e. The number of hydrogen-bond acceptors (Lipinski definition) is 0. The lowest BCUT2D eigenvalue weighted by atomic mass is 10.0. The SMILES string of the molecule is C(=C\c1cc(C[S+]2CCCC2)ccc1C[S+]1CCCC1)/c1ccccc1.[Br-].[Br-]. The molecule has 0 unspecified atom stereocenters. The second kappa shape index (κ2) is 12.5. The summed E-state index contributed by atoms with van der Waals surface area (Å²) >= 11 is 0. The zero-order valence-electron chi connectivity index (χ0n) is 16.4. The van der Waals surface area contributed by atoms with Crippen molar-refractivity contribution in [3.05, 3.63) is 70.8 Å². The van der Waals surface area contributed by atoms with E-state index in [2.05, 4.69) is 60.7 Å². The van der Waals surface area contributed by atoms with Crippen molar-refractivity contribution in [2.75, 3.05) is 23.0 Å². The summed E-state index contributed by atoms with van der Waals surface area (Å²) in [5.74, 6) is 8.42. The van der Waals surface area contributed by atoms with Crippen LogP contribution in [0.3, 0.4) is 0 Å². The van der Waals surface area contributed by atoms with Gasteiger partial charge in [0.1, 0.15) is 34.5 Å². The largest absolute Gasteiger partial charge is 1.00 e. The summed E-state index contributed by atoms with van der Waals surface area (Å²) in [7, 11) is 1.26. The Morgan fingerprint density at radius 3 is 1.93 bits per heavy atom. The molecule has 0 N–H and O–H groups in total. The number of hydrogen-bond donors (Lipinski definition) is 0. The van der Waals surface area contributed by atoms with Crippen molar-refractivity contribution in [2.24, 2.45) is 0 Å². The minimum absolute atomic E-state index is 0. The van der Waals surface area contributed by atoms with E-state index in [-0.39, 0.29) is 34.0 Å². The Hall–Kier alpha value is -0.160. The predicted molar refractivity (Wildman–Crippen MR) is 122 cm³/mol. The van der Waals surface area contributed by atoms with Gasteiger partial charge in [0, 0.05) is 11.1 Å². The van der Waals surface area contributed by atoms with Crippen molar-refractivity contribution in [1.29, 1.82) is 0 Å². The van der Waals surface area contributed by atoms with Crippen molar-refractivity contribution in [3.63, 3.8) is 0 Å². The lowest BCUT2D eigenvalue weighted by Crippen LogP contribution is -3.00. The first-order valence-electron chi connectivity index (χ1n) is 10.00. The Bertz CT molecular complexity index is 734. The van der Waals surface area contributed by atoms with Crippen LogP contribution in [0.25, 0.3) is 12.2 Å². The summed E-state index contributed by atoms with van der Waals surface area (Å²) in [6, 6.07) is 18.1. The molecule has 2 aliphatic heterocycles. The smallest absolute Gasteiger partial charge is 0.133 e. The Labute approximate surface area is 197 Å². The van der Waals surface area contributed by atoms with Crippen molar-refractivity contribution < 1.29 is 34.0 Å². The molecule has 0 bridgehead atoms. The summed E-state index contributed by atoms with van der Waals surface area (Å²) in [5, 5.41) is 0. The summed E-state index contributed by atoms with van der Waals surface area (Å²) in [5.41, 5.74) is 5.89. The molecule has 0 radical (unpaired) electrons. The molecule has 0 atom stereocenters. The van der Waals surface area contributed by atoms with Gasteiger partial charge in [-0.3, -0.25) is 0 Å². The molecule has 2 heterocycles. The molecule has 0 spiro atoms. The summed E-state index contributed by atoms with van der Waals surface area (Å²) in [4.78, 5) is 0. The van der Waals surface area contributed by atoms with Gasteiger partial charge in [0.2, 0.25) is 0 Å². The van der Waals surface area contributed by atoms with Gasteiger partial charge in [0.05, 0.1) is 0 Å². The van der Waals surface area contributed by atoms with Crippen molar-refractivity contribution >= 4 is 33.9 Å². The predicted octanol–water partition coefficient (Wildman–Crippen LogP) is -0.311. The van der Waals surface area contributed by atoms with Crippen LogP contribution in [0, 0.1) is 0 Å². The van der Waals surface area contributed by atoms with Crippen LogP contribution in [0.2, 0.25) is 0 Å². The van der Waals surface area contributed by atoms with E-state index in [9.17, 15) is 0 Å². The van der Waals surface area contributed by atoms with Crippen LogP contribution >= 0.6 is 0 Å². The number of rotatable bonds is 6. The molecule has 0 amide bonds. The fourth-order valence-electron chi connectivity index (χ4n) is 3.94. The molecule has 0 saturated carbocycles.